The molecule has 0 aliphatic rings. The number of ether oxygens (including phenoxy) is 1. The topological polar surface area (TPSA) is 24.5 Å². The molecular weight excluding hydrogens is 272 g/mol. The van der Waals surface area contributed by atoms with Crippen molar-refractivity contribution in [1.29, 1.82) is 0 Å². The highest BCUT2D eigenvalue weighted by Crippen LogP contribution is 2.28. The number of hydrogen-bond acceptors (Lipinski definition) is 3. The average molecular weight is 299 g/mol. The number of hydrogen-bond donors (Lipinski definition) is 1. The Labute approximate surface area is 128 Å². The van der Waals surface area contributed by atoms with E-state index < -0.39 is 0 Å². The molecule has 4 heteroatoms. The van der Waals surface area contributed by atoms with Crippen molar-refractivity contribution >= 4 is 17.3 Å². The Bertz CT molecular complexity index is 411. The number of anilines is 1. The first kappa shape index (κ1) is 17.3. The molecule has 0 saturated heterocycles. The van der Waals surface area contributed by atoms with Crippen LogP contribution in [-0.4, -0.2) is 32.8 Å². The highest BCUT2D eigenvalue weighted by molar-refractivity contribution is 6.31. The van der Waals surface area contributed by atoms with Crippen LogP contribution >= 0.6 is 11.6 Å². The molecule has 114 valence electrons. The molecule has 0 saturated carbocycles. The fourth-order valence-electron chi connectivity index (χ4n) is 2.54. The molecule has 1 N–H and O–H groups in total. The summed E-state index contributed by atoms with van der Waals surface area (Å²) in [5, 5.41) is 4.21. The Morgan fingerprint density at radius 1 is 1.30 bits per heavy atom. The van der Waals surface area contributed by atoms with Gasteiger partial charge in [-0.3, -0.25) is 0 Å². The predicted octanol–water partition coefficient (Wildman–Crippen LogP) is 3.87. The second kappa shape index (κ2) is 8.50. The second-order valence-corrected chi connectivity index (χ2v) is 5.48. The summed E-state index contributed by atoms with van der Waals surface area (Å²) in [7, 11) is 1.73. The molecule has 0 radical (unpaired) electrons. The lowest BCUT2D eigenvalue weighted by Crippen LogP contribution is -2.36. The van der Waals surface area contributed by atoms with Crippen molar-refractivity contribution in [2.75, 3.05) is 31.7 Å². The van der Waals surface area contributed by atoms with Crippen LogP contribution in [0.4, 0.5) is 5.69 Å². The van der Waals surface area contributed by atoms with Gasteiger partial charge in [-0.2, -0.15) is 0 Å². The van der Waals surface area contributed by atoms with Crippen molar-refractivity contribution in [2.24, 2.45) is 0 Å². The molecule has 2 atom stereocenters. The molecule has 0 amide bonds. The van der Waals surface area contributed by atoms with Crippen molar-refractivity contribution in [3.63, 3.8) is 0 Å². The molecule has 0 aliphatic heterocycles. The number of nitrogens with zero attached hydrogens (tertiary/aromatic N) is 1. The molecule has 0 aliphatic carbocycles. The number of benzene rings is 1. The van der Waals surface area contributed by atoms with Crippen LogP contribution in [0.5, 0.6) is 0 Å². The van der Waals surface area contributed by atoms with Gasteiger partial charge in [0.2, 0.25) is 0 Å². The fraction of sp³-hybridized carbons (Fsp3) is 0.625. The first-order valence-corrected chi connectivity index (χ1v) is 7.71. The van der Waals surface area contributed by atoms with Crippen molar-refractivity contribution in [3.05, 3.63) is 28.8 Å². The SMILES string of the molecule is CCNC(C)c1ccc(N(CC)C(C)COC)cc1Cl. The minimum absolute atomic E-state index is 0.271. The third-order valence-electron chi connectivity index (χ3n) is 3.57. The minimum Gasteiger partial charge on any atom is -0.383 e. The minimum atomic E-state index is 0.271. The van der Waals surface area contributed by atoms with Gasteiger partial charge in [-0.15, -0.1) is 0 Å². The fourth-order valence-corrected chi connectivity index (χ4v) is 2.88. The first-order valence-electron chi connectivity index (χ1n) is 7.33. The van der Waals surface area contributed by atoms with Crippen LogP contribution < -0.4 is 10.2 Å². The molecule has 1 aromatic carbocycles. The molecule has 0 bridgehead atoms. The van der Waals surface area contributed by atoms with Gasteiger partial charge in [0.1, 0.15) is 0 Å². The molecule has 2 unspecified atom stereocenters. The molecular formula is C16H27ClN2O. The van der Waals surface area contributed by atoms with E-state index in [1.807, 2.05) is 0 Å². The zero-order chi connectivity index (χ0) is 15.1. The van der Waals surface area contributed by atoms with Gasteiger partial charge < -0.3 is 15.0 Å². The number of rotatable bonds is 8. The third kappa shape index (κ3) is 4.37. The Morgan fingerprint density at radius 3 is 2.50 bits per heavy atom. The summed E-state index contributed by atoms with van der Waals surface area (Å²) in [6.45, 7) is 11.1. The van der Waals surface area contributed by atoms with Gasteiger partial charge in [-0.25, -0.2) is 0 Å². The second-order valence-electron chi connectivity index (χ2n) is 5.08. The molecule has 0 spiro atoms. The highest BCUT2D eigenvalue weighted by atomic mass is 35.5. The molecule has 3 nitrogen and oxygen atoms in total. The van der Waals surface area contributed by atoms with E-state index in [0.717, 1.165) is 29.4 Å². The summed E-state index contributed by atoms with van der Waals surface area (Å²) in [5.74, 6) is 0. The van der Waals surface area contributed by atoms with Crippen LogP contribution in [0.25, 0.3) is 0 Å². The molecule has 0 heterocycles. The predicted molar refractivity (Wildman–Crippen MR) is 87.9 cm³/mol. The van der Waals surface area contributed by atoms with Gasteiger partial charge in [-0.05, 0) is 45.0 Å². The normalized spacial score (nSPS) is 14.1. The van der Waals surface area contributed by atoms with Crippen molar-refractivity contribution < 1.29 is 4.74 Å². The maximum atomic E-state index is 6.44. The average Bonchev–Trinajstić information content (AvgIpc) is 2.40. The Morgan fingerprint density at radius 2 is 2.00 bits per heavy atom. The highest BCUT2D eigenvalue weighted by Gasteiger charge is 2.15. The number of likely N-dealkylation sites (N-methyl/N-ethyl adjacent to an activating group) is 1. The maximum Gasteiger partial charge on any atom is 0.0663 e. The largest absolute Gasteiger partial charge is 0.383 e. The van der Waals surface area contributed by atoms with Gasteiger partial charge >= 0.3 is 0 Å². The third-order valence-corrected chi connectivity index (χ3v) is 3.90. The lowest BCUT2D eigenvalue weighted by molar-refractivity contribution is 0.182. The summed E-state index contributed by atoms with van der Waals surface area (Å²) in [6.07, 6.45) is 0. The summed E-state index contributed by atoms with van der Waals surface area (Å²) < 4.78 is 5.25. The smallest absolute Gasteiger partial charge is 0.0663 e. The van der Waals surface area contributed by atoms with Crippen LogP contribution in [0, 0.1) is 0 Å². The van der Waals surface area contributed by atoms with Crippen LogP contribution in [0.15, 0.2) is 18.2 Å². The zero-order valence-electron chi connectivity index (χ0n) is 13.2. The first-order chi connectivity index (χ1) is 9.54. The van der Waals surface area contributed by atoms with Crippen molar-refractivity contribution in [3.8, 4) is 0 Å². The van der Waals surface area contributed by atoms with Gasteiger partial charge in [-0.1, -0.05) is 24.6 Å². The van der Waals surface area contributed by atoms with Crippen molar-refractivity contribution in [2.45, 2.75) is 39.8 Å². The Kier molecular flexibility index (Phi) is 7.35. The van der Waals surface area contributed by atoms with E-state index in [-0.39, 0.29) is 6.04 Å². The van der Waals surface area contributed by atoms with Crippen molar-refractivity contribution in [1.82, 2.24) is 5.32 Å². The van der Waals surface area contributed by atoms with E-state index in [0.29, 0.717) is 12.6 Å². The van der Waals surface area contributed by atoms with Gasteiger partial charge in [0.25, 0.3) is 0 Å². The van der Waals surface area contributed by atoms with E-state index in [2.05, 4.69) is 56.1 Å². The zero-order valence-corrected chi connectivity index (χ0v) is 14.0. The summed E-state index contributed by atoms with van der Waals surface area (Å²) in [5.41, 5.74) is 2.29. The van der Waals surface area contributed by atoms with Gasteiger partial charge in [0.05, 0.1) is 6.61 Å². The number of nitrogens with one attached hydrogen (secondary N) is 1. The Hall–Kier alpha value is -0.770. The van der Waals surface area contributed by atoms with E-state index in [4.69, 9.17) is 16.3 Å². The van der Waals surface area contributed by atoms with Crippen LogP contribution in [-0.2, 0) is 4.74 Å². The van der Waals surface area contributed by atoms with Crippen LogP contribution in [0.2, 0.25) is 5.02 Å². The maximum absolute atomic E-state index is 6.44. The summed E-state index contributed by atoms with van der Waals surface area (Å²) in [6, 6.07) is 6.92. The molecule has 0 fully saturated rings. The van der Waals surface area contributed by atoms with Gasteiger partial charge in [0.15, 0.2) is 0 Å². The molecule has 1 rings (SSSR count). The van der Waals surface area contributed by atoms with Crippen LogP contribution in [0.3, 0.4) is 0 Å². The van der Waals surface area contributed by atoms with Gasteiger partial charge in [0, 0.05) is 36.4 Å². The lowest BCUT2D eigenvalue weighted by Gasteiger charge is -2.30. The number of methoxy groups -OCH3 is 1. The number of halogens is 1. The molecule has 0 aromatic heterocycles. The standard InChI is InChI=1S/C16H27ClN2O/c1-6-18-13(4)15-9-8-14(10-16(15)17)19(7-2)12(3)11-20-5/h8-10,12-13,18H,6-7,11H2,1-5H3. The summed E-state index contributed by atoms with van der Waals surface area (Å²) in [4.78, 5) is 2.30. The van der Waals surface area contributed by atoms with E-state index >= 15 is 0 Å². The Balaban J connectivity index is 2.94. The van der Waals surface area contributed by atoms with E-state index in [1.165, 1.54) is 0 Å². The molecule has 1 aromatic rings. The summed E-state index contributed by atoms with van der Waals surface area (Å²) >= 11 is 6.44. The quantitative estimate of drug-likeness (QED) is 0.788. The van der Waals surface area contributed by atoms with Crippen LogP contribution in [0.1, 0.15) is 39.3 Å². The lowest BCUT2D eigenvalue weighted by atomic mass is 10.1. The monoisotopic (exact) mass is 298 g/mol. The van der Waals surface area contributed by atoms with E-state index in [1.54, 1.807) is 7.11 Å². The van der Waals surface area contributed by atoms with E-state index in [9.17, 15) is 0 Å². The molecule has 20 heavy (non-hydrogen) atoms.